The first-order valence-electron chi connectivity index (χ1n) is 6.89. The van der Waals surface area contributed by atoms with Gasteiger partial charge in [-0.05, 0) is 26.8 Å². The molecule has 0 fully saturated rings. The molecule has 10 heteroatoms. The molecule has 1 heterocycles. The van der Waals surface area contributed by atoms with Crippen molar-refractivity contribution in [2.75, 3.05) is 13.7 Å². The molecule has 0 atom stereocenters. The number of amides is 1. The molecule has 1 aromatic rings. The fraction of sp³-hybridized carbons (Fsp3) is 0.500. The van der Waals surface area contributed by atoms with Crippen molar-refractivity contribution in [2.45, 2.75) is 32.5 Å². The Bertz CT molecular complexity index is 636. The molecule has 0 aliphatic rings. The molecule has 1 amide bonds. The van der Waals surface area contributed by atoms with Crippen LogP contribution in [0.4, 0.5) is 18.0 Å². The van der Waals surface area contributed by atoms with Gasteiger partial charge in [-0.1, -0.05) is 0 Å². The number of carbonyl (C=O) groups excluding carboxylic acids is 2. The van der Waals surface area contributed by atoms with Crippen LogP contribution in [0.15, 0.2) is 12.3 Å². The number of carbonyl (C=O) groups is 2. The Kier molecular flexibility index (Phi) is 5.99. The lowest BCUT2D eigenvalue weighted by molar-refractivity contribution is -0.143. The maximum atomic E-state index is 13.2. The third-order valence-electron chi connectivity index (χ3n) is 2.80. The number of hydrogen-bond donors (Lipinski definition) is 1. The zero-order valence-electron chi connectivity index (χ0n) is 13.6. The summed E-state index contributed by atoms with van der Waals surface area (Å²) in [6.07, 6.45) is -2.49. The van der Waals surface area contributed by atoms with E-state index >= 15 is 0 Å². The zero-order chi connectivity index (χ0) is 18.5. The average molecular weight is 349 g/mol. The lowest BCUT2D eigenvalue weighted by Crippen LogP contribution is -2.41. The third kappa shape index (κ3) is 5.00. The number of hydrogen-bond acceptors (Lipinski definition) is 5. The summed E-state index contributed by atoms with van der Waals surface area (Å²) >= 11 is 0. The van der Waals surface area contributed by atoms with Crippen LogP contribution >= 0.6 is 0 Å². The lowest BCUT2D eigenvalue weighted by atomic mass is 10.1. The molecule has 0 spiro atoms. The highest BCUT2D eigenvalue weighted by atomic mass is 19.4. The van der Waals surface area contributed by atoms with Gasteiger partial charge in [0.05, 0.1) is 25.5 Å². The van der Waals surface area contributed by atoms with E-state index < -0.39 is 35.0 Å². The Morgan fingerprint density at radius 2 is 2.00 bits per heavy atom. The van der Waals surface area contributed by atoms with Crippen LogP contribution in [-0.2, 0) is 15.7 Å². The maximum absolute atomic E-state index is 13.2. The number of alkyl carbamates (subject to hydrolysis) is 1. The van der Waals surface area contributed by atoms with Gasteiger partial charge in [-0.3, -0.25) is 0 Å². The molecule has 0 radical (unpaired) electrons. The van der Waals surface area contributed by atoms with Crippen LogP contribution in [-0.4, -0.2) is 41.1 Å². The highest BCUT2D eigenvalue weighted by Gasteiger charge is 2.40. The smallest absolute Gasteiger partial charge is 0.434 e. The molecule has 1 rings (SSSR count). The first-order chi connectivity index (χ1) is 11.0. The first-order valence-corrected chi connectivity index (χ1v) is 6.89. The number of ether oxygens (including phenoxy) is 2. The van der Waals surface area contributed by atoms with Gasteiger partial charge in [0.15, 0.2) is 5.69 Å². The van der Waals surface area contributed by atoms with Crippen LogP contribution in [0.2, 0.25) is 0 Å². The van der Waals surface area contributed by atoms with Crippen molar-refractivity contribution in [3.8, 4) is 0 Å². The van der Waals surface area contributed by atoms with Crippen molar-refractivity contribution >= 4 is 18.3 Å². The van der Waals surface area contributed by atoms with E-state index in [2.05, 4.69) is 19.9 Å². The number of aromatic nitrogens is 2. The van der Waals surface area contributed by atoms with Gasteiger partial charge in [0, 0.05) is 6.20 Å². The van der Waals surface area contributed by atoms with Gasteiger partial charge in [0.25, 0.3) is 0 Å². The predicted octanol–water partition coefficient (Wildman–Crippen LogP) is 2.68. The minimum Gasteiger partial charge on any atom is -0.462 e. The molecule has 0 saturated carbocycles. The van der Waals surface area contributed by atoms with Gasteiger partial charge in [0.2, 0.25) is 0 Å². The van der Waals surface area contributed by atoms with Crippen LogP contribution < -0.4 is 5.32 Å². The Labute approximate surface area is 136 Å². The number of alkyl halides is 3. The fourth-order valence-corrected chi connectivity index (χ4v) is 1.73. The zero-order valence-corrected chi connectivity index (χ0v) is 13.6. The molecule has 7 nitrogen and oxygen atoms in total. The van der Waals surface area contributed by atoms with Gasteiger partial charge >= 0.3 is 18.2 Å². The highest BCUT2D eigenvalue weighted by Crippen LogP contribution is 2.32. The molecule has 1 aromatic heterocycles. The van der Waals surface area contributed by atoms with E-state index in [9.17, 15) is 22.8 Å². The molecule has 0 saturated heterocycles. The van der Waals surface area contributed by atoms with Crippen molar-refractivity contribution in [3.05, 3.63) is 23.5 Å². The van der Waals surface area contributed by atoms with E-state index in [1.165, 1.54) is 13.0 Å². The van der Waals surface area contributed by atoms with Crippen molar-refractivity contribution in [1.82, 2.24) is 15.1 Å². The van der Waals surface area contributed by atoms with Crippen LogP contribution in [0, 0.1) is 0 Å². The Morgan fingerprint density at radius 3 is 2.50 bits per heavy atom. The highest BCUT2D eigenvalue weighted by molar-refractivity contribution is 5.90. The maximum Gasteiger partial charge on any atom is 0.434 e. The van der Waals surface area contributed by atoms with Crippen LogP contribution in [0.25, 0.3) is 6.20 Å². The van der Waals surface area contributed by atoms with Gasteiger partial charge in [-0.25, -0.2) is 14.3 Å². The average Bonchev–Trinajstić information content (AvgIpc) is 2.89. The largest absolute Gasteiger partial charge is 0.462 e. The Balaban J connectivity index is 3.18. The van der Waals surface area contributed by atoms with Crippen molar-refractivity contribution in [2.24, 2.45) is 0 Å². The topological polar surface area (TPSA) is 82.5 Å². The molecule has 0 unspecified atom stereocenters. The number of halogens is 3. The van der Waals surface area contributed by atoms with Crippen molar-refractivity contribution < 1.29 is 32.2 Å². The molecule has 134 valence electrons. The summed E-state index contributed by atoms with van der Waals surface area (Å²) in [7, 11) is 1.16. The molecule has 0 aliphatic carbocycles. The minimum absolute atomic E-state index is 0.0623. The Morgan fingerprint density at radius 1 is 1.38 bits per heavy atom. The standard InChI is InChI=1S/C14H18F3N3O4/c1-5-24-11(21)9-8-18-20(10(9)14(15,16)17)7-6-13(2,3)19-12(22)23-4/h6-8H,5H2,1-4H3,(H,19,22). The second kappa shape index (κ2) is 7.37. The van der Waals surface area contributed by atoms with Crippen molar-refractivity contribution in [3.63, 3.8) is 0 Å². The summed E-state index contributed by atoms with van der Waals surface area (Å²) in [5.41, 5.74) is -2.95. The summed E-state index contributed by atoms with van der Waals surface area (Å²) in [6, 6.07) is 0. The van der Waals surface area contributed by atoms with E-state index in [1.54, 1.807) is 13.8 Å². The third-order valence-corrected chi connectivity index (χ3v) is 2.80. The van der Waals surface area contributed by atoms with E-state index in [-0.39, 0.29) is 6.61 Å². The summed E-state index contributed by atoms with van der Waals surface area (Å²) in [5, 5.41) is 5.98. The van der Waals surface area contributed by atoms with Crippen LogP contribution in [0.5, 0.6) is 0 Å². The SMILES string of the molecule is CCOC(=O)c1cnn(C=CC(C)(C)NC(=O)OC)c1C(F)(F)F. The molecule has 0 aromatic carbocycles. The van der Waals surface area contributed by atoms with Crippen LogP contribution in [0.1, 0.15) is 36.8 Å². The second-order valence-corrected chi connectivity index (χ2v) is 5.22. The van der Waals surface area contributed by atoms with Crippen LogP contribution in [0.3, 0.4) is 0 Å². The number of rotatable bonds is 5. The second-order valence-electron chi connectivity index (χ2n) is 5.22. The van der Waals surface area contributed by atoms with Crippen molar-refractivity contribution in [1.29, 1.82) is 0 Å². The number of nitrogens with zero attached hydrogens (tertiary/aromatic N) is 2. The number of esters is 1. The summed E-state index contributed by atoms with van der Waals surface area (Å²) in [5.74, 6) is -1.11. The minimum atomic E-state index is -4.82. The van der Waals surface area contributed by atoms with E-state index in [4.69, 9.17) is 0 Å². The molecule has 24 heavy (non-hydrogen) atoms. The molecule has 1 N–H and O–H groups in total. The number of nitrogens with one attached hydrogen (secondary N) is 1. The summed E-state index contributed by atoms with van der Waals surface area (Å²) in [6.45, 7) is 4.51. The summed E-state index contributed by atoms with van der Waals surface area (Å²) < 4.78 is 49.2. The molecular formula is C14H18F3N3O4. The van der Waals surface area contributed by atoms with E-state index in [0.29, 0.717) is 4.68 Å². The van der Waals surface area contributed by atoms with E-state index in [1.807, 2.05) is 0 Å². The van der Waals surface area contributed by atoms with Gasteiger partial charge in [0.1, 0.15) is 5.56 Å². The predicted molar refractivity (Wildman–Crippen MR) is 78.1 cm³/mol. The first kappa shape index (κ1) is 19.5. The normalized spacial score (nSPS) is 12.3. The molecule has 0 aliphatic heterocycles. The Hall–Kier alpha value is -2.52. The monoisotopic (exact) mass is 349 g/mol. The number of methoxy groups -OCH3 is 1. The summed E-state index contributed by atoms with van der Waals surface area (Å²) in [4.78, 5) is 22.8. The molecular weight excluding hydrogens is 331 g/mol. The lowest BCUT2D eigenvalue weighted by Gasteiger charge is -2.21. The van der Waals surface area contributed by atoms with Gasteiger partial charge in [-0.15, -0.1) is 0 Å². The van der Waals surface area contributed by atoms with Gasteiger partial charge in [-0.2, -0.15) is 18.3 Å². The molecule has 0 bridgehead atoms. The van der Waals surface area contributed by atoms with E-state index in [0.717, 1.165) is 19.5 Å². The van der Waals surface area contributed by atoms with Gasteiger partial charge < -0.3 is 14.8 Å². The quantitative estimate of drug-likeness (QED) is 0.827. The fourth-order valence-electron chi connectivity index (χ4n) is 1.73.